The van der Waals surface area contributed by atoms with Crippen molar-refractivity contribution in [2.75, 3.05) is 23.7 Å². The third-order valence-corrected chi connectivity index (χ3v) is 5.24. The van der Waals surface area contributed by atoms with Gasteiger partial charge in [0.25, 0.3) is 11.8 Å². The van der Waals surface area contributed by atoms with Crippen LogP contribution in [-0.4, -0.2) is 35.9 Å². The molecule has 2 aromatic carbocycles. The monoisotopic (exact) mass is 379 g/mol. The Bertz CT molecular complexity index is 873. The van der Waals surface area contributed by atoms with Crippen LogP contribution >= 0.6 is 0 Å². The van der Waals surface area contributed by atoms with Gasteiger partial charge in [-0.1, -0.05) is 18.6 Å². The molecule has 146 valence electrons. The number of rotatable bonds is 4. The Labute approximate surface area is 164 Å². The number of nitrogens with zero attached hydrogens (tertiary/aromatic N) is 1. The number of amides is 2. The largest absolute Gasteiger partial charge is 0.479 e. The molecule has 0 bridgehead atoms. The summed E-state index contributed by atoms with van der Waals surface area (Å²) in [7, 11) is 0. The summed E-state index contributed by atoms with van der Waals surface area (Å²) in [5.41, 5.74) is 3.01. The number of anilines is 2. The molecule has 1 atom stereocenters. The quantitative estimate of drug-likeness (QED) is 0.851. The van der Waals surface area contributed by atoms with E-state index < -0.39 is 6.10 Å². The lowest BCUT2D eigenvalue weighted by Gasteiger charge is -2.26. The number of piperidine rings is 1. The van der Waals surface area contributed by atoms with Gasteiger partial charge in [0.1, 0.15) is 5.75 Å². The minimum absolute atomic E-state index is 0.180. The van der Waals surface area contributed by atoms with Crippen LogP contribution in [0.4, 0.5) is 11.4 Å². The fraction of sp³-hybridized carbons (Fsp3) is 0.364. The van der Waals surface area contributed by atoms with Gasteiger partial charge < -0.3 is 15.4 Å². The molecule has 6 heteroatoms. The second kappa shape index (κ2) is 8.02. The van der Waals surface area contributed by atoms with Crippen LogP contribution in [0.2, 0.25) is 0 Å². The van der Waals surface area contributed by atoms with Crippen LogP contribution in [0.15, 0.2) is 42.5 Å². The van der Waals surface area contributed by atoms with Gasteiger partial charge in [0.15, 0.2) is 6.10 Å². The smallest absolute Gasteiger partial charge is 0.265 e. The Kier molecular flexibility index (Phi) is 5.30. The van der Waals surface area contributed by atoms with E-state index in [1.807, 2.05) is 24.3 Å². The van der Waals surface area contributed by atoms with Gasteiger partial charge in [-0.2, -0.15) is 0 Å². The third-order valence-electron chi connectivity index (χ3n) is 5.24. The molecule has 28 heavy (non-hydrogen) atoms. The lowest BCUT2D eigenvalue weighted by atomic mass is 10.1. The van der Waals surface area contributed by atoms with Gasteiger partial charge in [0, 0.05) is 17.8 Å². The molecule has 2 aliphatic heterocycles. The van der Waals surface area contributed by atoms with E-state index in [9.17, 15) is 9.59 Å². The first-order chi connectivity index (χ1) is 13.6. The molecule has 2 aliphatic rings. The molecule has 2 heterocycles. The summed E-state index contributed by atoms with van der Waals surface area (Å²) in [5, 5.41) is 5.67. The molecule has 1 saturated heterocycles. The molecule has 6 nitrogen and oxygen atoms in total. The van der Waals surface area contributed by atoms with Gasteiger partial charge in [-0.25, -0.2) is 0 Å². The molecule has 1 fully saturated rings. The summed E-state index contributed by atoms with van der Waals surface area (Å²) in [6, 6.07) is 13.0. The first-order valence-electron chi connectivity index (χ1n) is 9.83. The molecule has 2 aromatic rings. The van der Waals surface area contributed by atoms with Crippen LogP contribution in [0.1, 0.15) is 42.1 Å². The molecule has 4 rings (SSSR count). The number of carbonyl (C=O) groups excluding carboxylic acids is 2. The number of hydrogen-bond donors (Lipinski definition) is 2. The number of fused-ring (bicyclic) bond motifs is 1. The average molecular weight is 379 g/mol. The van der Waals surface area contributed by atoms with Gasteiger partial charge in [0.2, 0.25) is 0 Å². The van der Waals surface area contributed by atoms with Crippen LogP contribution in [0.25, 0.3) is 0 Å². The Balaban J connectivity index is 1.39. The van der Waals surface area contributed by atoms with E-state index in [2.05, 4.69) is 15.5 Å². The van der Waals surface area contributed by atoms with Crippen LogP contribution in [0, 0.1) is 0 Å². The summed E-state index contributed by atoms with van der Waals surface area (Å²) < 4.78 is 5.54. The molecule has 0 saturated carbocycles. The maximum Gasteiger partial charge on any atom is 0.265 e. The van der Waals surface area contributed by atoms with Crippen molar-refractivity contribution in [1.29, 1.82) is 0 Å². The molecule has 0 unspecified atom stereocenters. The molecule has 0 spiro atoms. The zero-order valence-corrected chi connectivity index (χ0v) is 16.0. The normalized spacial score (nSPS) is 19.3. The third kappa shape index (κ3) is 4.17. The Morgan fingerprint density at radius 1 is 1.14 bits per heavy atom. The van der Waals surface area contributed by atoms with Crippen molar-refractivity contribution in [3.8, 4) is 5.75 Å². The molecule has 2 N–H and O–H groups in total. The second-order valence-corrected chi connectivity index (χ2v) is 7.45. The lowest BCUT2D eigenvalue weighted by molar-refractivity contribution is -0.122. The van der Waals surface area contributed by atoms with Gasteiger partial charge in [-0.05, 0) is 68.8 Å². The summed E-state index contributed by atoms with van der Waals surface area (Å²) in [6.07, 6.45) is 3.35. The molecular formula is C22H25N3O3. The minimum atomic E-state index is -0.517. The van der Waals surface area contributed by atoms with E-state index in [0.29, 0.717) is 22.7 Å². The summed E-state index contributed by atoms with van der Waals surface area (Å²) in [5.74, 6) is 0.230. The number of hydrogen-bond acceptors (Lipinski definition) is 4. The summed E-state index contributed by atoms with van der Waals surface area (Å²) in [6.45, 7) is 4.94. The lowest BCUT2D eigenvalue weighted by Crippen LogP contribution is -2.34. The number of ether oxygens (including phenoxy) is 1. The predicted octanol–water partition coefficient (Wildman–Crippen LogP) is 3.64. The minimum Gasteiger partial charge on any atom is -0.479 e. The Hall–Kier alpha value is -2.86. The highest BCUT2D eigenvalue weighted by molar-refractivity contribution is 6.05. The van der Waals surface area contributed by atoms with Crippen molar-refractivity contribution in [3.63, 3.8) is 0 Å². The van der Waals surface area contributed by atoms with Gasteiger partial charge in [-0.15, -0.1) is 0 Å². The highest BCUT2D eigenvalue weighted by atomic mass is 16.5. The fourth-order valence-electron chi connectivity index (χ4n) is 3.63. The first kappa shape index (κ1) is 18.5. The first-order valence-corrected chi connectivity index (χ1v) is 9.83. The van der Waals surface area contributed by atoms with Crippen LogP contribution < -0.4 is 15.4 Å². The maximum absolute atomic E-state index is 12.6. The number of nitrogens with one attached hydrogen (secondary N) is 2. The van der Waals surface area contributed by atoms with Crippen molar-refractivity contribution in [2.24, 2.45) is 0 Å². The van der Waals surface area contributed by atoms with Crippen molar-refractivity contribution in [2.45, 2.75) is 38.8 Å². The van der Waals surface area contributed by atoms with Crippen molar-refractivity contribution < 1.29 is 14.3 Å². The molecule has 0 aromatic heterocycles. The van der Waals surface area contributed by atoms with Crippen LogP contribution in [0.5, 0.6) is 5.75 Å². The number of benzene rings is 2. The standard InChI is InChI=1S/C22H25N3O3/c1-15-21(26)24-19-13-18(9-10-20(19)28-15)23-22(27)17-7-5-16(6-8-17)14-25-11-3-2-4-12-25/h5-10,13,15H,2-4,11-12,14H2,1H3,(H,23,27)(H,24,26)/t15-/m1/s1. The maximum atomic E-state index is 12.6. The Morgan fingerprint density at radius 2 is 1.89 bits per heavy atom. The summed E-state index contributed by atoms with van der Waals surface area (Å²) >= 11 is 0. The van der Waals surface area contributed by atoms with Crippen molar-refractivity contribution in [1.82, 2.24) is 4.90 Å². The zero-order valence-electron chi connectivity index (χ0n) is 16.0. The molecular weight excluding hydrogens is 354 g/mol. The van der Waals surface area contributed by atoms with Crippen LogP contribution in [-0.2, 0) is 11.3 Å². The van der Waals surface area contributed by atoms with Crippen LogP contribution in [0.3, 0.4) is 0 Å². The van der Waals surface area contributed by atoms with E-state index in [0.717, 1.165) is 19.6 Å². The molecule has 0 radical (unpaired) electrons. The van der Waals surface area contributed by atoms with E-state index in [4.69, 9.17) is 4.74 Å². The fourth-order valence-corrected chi connectivity index (χ4v) is 3.63. The van der Waals surface area contributed by atoms with Crippen molar-refractivity contribution in [3.05, 3.63) is 53.6 Å². The number of carbonyl (C=O) groups is 2. The zero-order chi connectivity index (χ0) is 19.5. The highest BCUT2D eigenvalue weighted by Crippen LogP contribution is 2.32. The van der Waals surface area contributed by atoms with E-state index in [-0.39, 0.29) is 11.8 Å². The number of likely N-dealkylation sites (tertiary alicyclic amines) is 1. The summed E-state index contributed by atoms with van der Waals surface area (Å²) in [4.78, 5) is 26.8. The second-order valence-electron chi connectivity index (χ2n) is 7.45. The molecule has 0 aliphatic carbocycles. The molecule has 2 amide bonds. The SMILES string of the molecule is C[C@H]1Oc2ccc(NC(=O)c3ccc(CN4CCCCC4)cc3)cc2NC1=O. The highest BCUT2D eigenvalue weighted by Gasteiger charge is 2.23. The average Bonchev–Trinajstić information content (AvgIpc) is 2.70. The van der Waals surface area contributed by atoms with Gasteiger partial charge in [-0.3, -0.25) is 14.5 Å². The Morgan fingerprint density at radius 3 is 2.64 bits per heavy atom. The predicted molar refractivity (Wildman–Crippen MR) is 109 cm³/mol. The van der Waals surface area contributed by atoms with E-state index in [1.165, 1.54) is 24.8 Å². The van der Waals surface area contributed by atoms with Crippen molar-refractivity contribution >= 4 is 23.2 Å². The van der Waals surface area contributed by atoms with E-state index >= 15 is 0 Å². The van der Waals surface area contributed by atoms with E-state index in [1.54, 1.807) is 25.1 Å². The van der Waals surface area contributed by atoms with Gasteiger partial charge in [0.05, 0.1) is 5.69 Å². The van der Waals surface area contributed by atoms with Gasteiger partial charge >= 0.3 is 0 Å². The topological polar surface area (TPSA) is 70.7 Å².